The zero-order chi connectivity index (χ0) is 21.7. The highest BCUT2D eigenvalue weighted by Gasteiger charge is 2.46. The van der Waals surface area contributed by atoms with Crippen molar-refractivity contribution >= 4 is 29.4 Å². The minimum atomic E-state index is -1.42. The molecule has 1 aliphatic rings. The zero-order valence-corrected chi connectivity index (χ0v) is 16.4. The predicted octanol–water partition coefficient (Wildman–Crippen LogP) is 1.88. The second kappa shape index (κ2) is 9.22. The van der Waals surface area contributed by atoms with Crippen LogP contribution in [-0.2, 0) is 28.6 Å². The maximum atomic E-state index is 13.7. The molecule has 0 radical (unpaired) electrons. The fourth-order valence-corrected chi connectivity index (χ4v) is 3.09. The molecule has 1 unspecified atom stereocenters. The van der Waals surface area contributed by atoms with E-state index >= 15 is 0 Å². The molecule has 9 heteroatoms. The number of methoxy groups -OCH3 is 2. The summed E-state index contributed by atoms with van der Waals surface area (Å²) >= 11 is 0. The van der Waals surface area contributed by atoms with Gasteiger partial charge in [0, 0.05) is 11.4 Å². The minimum absolute atomic E-state index is 0.170. The summed E-state index contributed by atoms with van der Waals surface area (Å²) in [6.07, 6.45) is 0. The third-order valence-electron chi connectivity index (χ3n) is 4.46. The number of carbonyl (C=O) groups excluding carboxylic acids is 4. The molecule has 0 spiro atoms. The number of rotatable bonds is 6. The number of ketones is 1. The largest absolute Gasteiger partial charge is 0.468 e. The van der Waals surface area contributed by atoms with Crippen LogP contribution in [0, 0.1) is 17.7 Å². The Kier molecular flexibility index (Phi) is 6.98. The summed E-state index contributed by atoms with van der Waals surface area (Å²) in [5, 5.41) is 0. The van der Waals surface area contributed by atoms with Crippen molar-refractivity contribution in [2.45, 2.75) is 13.8 Å². The molecule has 1 aromatic carbocycles. The summed E-state index contributed by atoms with van der Waals surface area (Å²) in [7, 11) is 2.24. The van der Waals surface area contributed by atoms with Gasteiger partial charge in [0.15, 0.2) is 6.61 Å². The summed E-state index contributed by atoms with van der Waals surface area (Å²) in [6, 6.07) is 5.24. The lowest BCUT2D eigenvalue weighted by atomic mass is 9.80. The van der Waals surface area contributed by atoms with E-state index in [-0.39, 0.29) is 22.5 Å². The number of hydrogen-bond donors (Lipinski definition) is 0. The topological polar surface area (TPSA) is 108 Å². The average molecular weight is 405 g/mol. The quantitative estimate of drug-likeness (QED) is 0.404. The highest BCUT2D eigenvalue weighted by molar-refractivity contribution is 6.10. The smallest absolute Gasteiger partial charge is 0.336 e. The van der Waals surface area contributed by atoms with Gasteiger partial charge in [-0.25, -0.2) is 9.18 Å². The normalized spacial score (nSPS) is 18.6. The number of aliphatic imine (C=N–C) groups is 1. The molecule has 154 valence electrons. The molecule has 1 aromatic rings. The van der Waals surface area contributed by atoms with Gasteiger partial charge in [0.05, 0.1) is 25.4 Å². The molecule has 1 aliphatic heterocycles. The SMILES string of the molecule is COC(=O)C1=C(C)N=C(C)C(C(=O)OC)[C@H]1C(=O)OCC(=O)c1ccccc1F. The number of benzene rings is 1. The molecular formula is C20H20FNO7. The number of esters is 3. The first-order valence-corrected chi connectivity index (χ1v) is 8.59. The molecule has 2 rings (SSSR count). The molecule has 0 aliphatic carbocycles. The molecule has 8 nitrogen and oxygen atoms in total. The van der Waals surface area contributed by atoms with Gasteiger partial charge in [-0.05, 0) is 26.0 Å². The molecule has 2 atom stereocenters. The number of halogens is 1. The lowest BCUT2D eigenvalue weighted by Gasteiger charge is -2.29. The molecule has 0 N–H and O–H groups in total. The number of carbonyl (C=O) groups is 4. The first-order chi connectivity index (χ1) is 13.7. The van der Waals surface area contributed by atoms with Crippen LogP contribution in [0.3, 0.4) is 0 Å². The van der Waals surface area contributed by atoms with Crippen molar-refractivity contribution in [1.82, 2.24) is 0 Å². The third kappa shape index (κ3) is 4.56. The monoisotopic (exact) mass is 405 g/mol. The van der Waals surface area contributed by atoms with Gasteiger partial charge >= 0.3 is 17.9 Å². The summed E-state index contributed by atoms with van der Waals surface area (Å²) < 4.78 is 28.2. The fraction of sp³-hybridized carbons (Fsp3) is 0.350. The van der Waals surface area contributed by atoms with Crippen molar-refractivity contribution in [2.75, 3.05) is 20.8 Å². The molecule has 0 aromatic heterocycles. The zero-order valence-electron chi connectivity index (χ0n) is 16.4. The second-order valence-electron chi connectivity index (χ2n) is 6.23. The van der Waals surface area contributed by atoms with Gasteiger partial charge in [-0.15, -0.1) is 0 Å². The molecule has 1 heterocycles. The van der Waals surface area contributed by atoms with Gasteiger partial charge in [0.1, 0.15) is 17.7 Å². The van der Waals surface area contributed by atoms with Crippen molar-refractivity contribution in [2.24, 2.45) is 16.8 Å². The van der Waals surface area contributed by atoms with Crippen LogP contribution >= 0.6 is 0 Å². The van der Waals surface area contributed by atoms with Crippen molar-refractivity contribution in [3.8, 4) is 0 Å². The van der Waals surface area contributed by atoms with E-state index in [1.54, 1.807) is 0 Å². The van der Waals surface area contributed by atoms with E-state index in [4.69, 9.17) is 14.2 Å². The van der Waals surface area contributed by atoms with Gasteiger partial charge < -0.3 is 14.2 Å². The van der Waals surface area contributed by atoms with Crippen molar-refractivity contribution < 1.29 is 37.8 Å². The van der Waals surface area contributed by atoms with Gasteiger partial charge in [-0.3, -0.25) is 19.4 Å². The Balaban J connectivity index is 2.33. The number of nitrogens with zero attached hydrogens (tertiary/aromatic N) is 1. The Bertz CT molecular complexity index is 919. The third-order valence-corrected chi connectivity index (χ3v) is 4.46. The first kappa shape index (κ1) is 21.9. The Labute approximate surface area is 166 Å². The van der Waals surface area contributed by atoms with E-state index in [1.165, 1.54) is 32.0 Å². The average Bonchev–Trinajstić information content (AvgIpc) is 2.70. The summed E-state index contributed by atoms with van der Waals surface area (Å²) in [5.41, 5.74) is 0.00391. The van der Waals surface area contributed by atoms with Crippen LogP contribution in [-0.4, -0.2) is 50.2 Å². The second-order valence-corrected chi connectivity index (χ2v) is 6.23. The highest BCUT2D eigenvalue weighted by atomic mass is 19.1. The Hall–Kier alpha value is -3.36. The Morgan fingerprint density at radius 1 is 1.00 bits per heavy atom. The summed E-state index contributed by atoms with van der Waals surface area (Å²) in [6.45, 7) is 2.21. The van der Waals surface area contributed by atoms with Crippen molar-refractivity contribution in [3.05, 3.63) is 46.9 Å². The molecule has 0 fully saturated rings. The van der Waals surface area contributed by atoms with Crippen LogP contribution in [0.5, 0.6) is 0 Å². The van der Waals surface area contributed by atoms with Gasteiger partial charge in [0.2, 0.25) is 5.78 Å². The predicted molar refractivity (Wildman–Crippen MR) is 98.5 cm³/mol. The molecule has 0 amide bonds. The van der Waals surface area contributed by atoms with Gasteiger partial charge in [-0.1, -0.05) is 12.1 Å². The highest BCUT2D eigenvalue weighted by Crippen LogP contribution is 2.33. The number of Topliss-reactive ketones (excluding diaryl/α,β-unsaturated/α-hetero) is 1. The molecule has 0 saturated carbocycles. The van der Waals surface area contributed by atoms with E-state index in [2.05, 4.69) is 4.99 Å². The van der Waals surface area contributed by atoms with Crippen LogP contribution in [0.4, 0.5) is 4.39 Å². The molecule has 0 bridgehead atoms. The molecular weight excluding hydrogens is 385 g/mol. The van der Waals surface area contributed by atoms with E-state index in [0.717, 1.165) is 20.3 Å². The maximum absolute atomic E-state index is 13.7. The maximum Gasteiger partial charge on any atom is 0.336 e. The van der Waals surface area contributed by atoms with E-state index in [9.17, 15) is 23.6 Å². The standard InChI is InChI=1S/C20H20FNO7/c1-10-15(18(24)27-3)17(16(11(2)22-10)19(25)28-4)20(26)29-9-14(23)12-7-5-6-8-13(12)21/h5-8,15,17H,9H2,1-4H3/t15?,17-/m1/s1. The lowest BCUT2D eigenvalue weighted by molar-refractivity contribution is -0.156. The summed E-state index contributed by atoms with van der Waals surface area (Å²) in [4.78, 5) is 53.6. The van der Waals surface area contributed by atoms with E-state index in [0.29, 0.717) is 0 Å². The van der Waals surface area contributed by atoms with Crippen LogP contribution in [0.15, 0.2) is 40.5 Å². The number of allylic oxidation sites excluding steroid dienone is 1. The summed E-state index contributed by atoms with van der Waals surface area (Å²) in [5.74, 6) is -6.87. The first-order valence-electron chi connectivity index (χ1n) is 8.59. The van der Waals surface area contributed by atoms with Crippen LogP contribution in [0.1, 0.15) is 24.2 Å². The lowest BCUT2D eigenvalue weighted by Crippen LogP contribution is -2.42. The number of ether oxygens (including phenoxy) is 3. The van der Waals surface area contributed by atoms with Crippen LogP contribution in [0.25, 0.3) is 0 Å². The van der Waals surface area contributed by atoms with Crippen LogP contribution in [0.2, 0.25) is 0 Å². The van der Waals surface area contributed by atoms with Gasteiger partial charge in [0.25, 0.3) is 0 Å². The van der Waals surface area contributed by atoms with Gasteiger partial charge in [-0.2, -0.15) is 0 Å². The fourth-order valence-electron chi connectivity index (χ4n) is 3.09. The minimum Gasteiger partial charge on any atom is -0.468 e. The van der Waals surface area contributed by atoms with Crippen molar-refractivity contribution in [3.63, 3.8) is 0 Å². The number of hydrogen-bond acceptors (Lipinski definition) is 8. The Morgan fingerprint density at radius 3 is 2.24 bits per heavy atom. The van der Waals surface area contributed by atoms with E-state index < -0.39 is 48.0 Å². The van der Waals surface area contributed by atoms with E-state index in [1.807, 2.05) is 0 Å². The molecule has 0 saturated heterocycles. The Morgan fingerprint density at radius 2 is 1.66 bits per heavy atom. The molecule has 29 heavy (non-hydrogen) atoms. The van der Waals surface area contributed by atoms with Crippen LogP contribution < -0.4 is 0 Å². The van der Waals surface area contributed by atoms with Crippen molar-refractivity contribution in [1.29, 1.82) is 0 Å².